The molecule has 0 spiro atoms. The molecule has 1 atom stereocenters. The molecule has 0 bridgehead atoms. The SMILES string of the molecule is CCCCc1c(Cc2ccc(-c3ccccc3C3=NC(O)ON3)cc2)c(=O)n(-c2ccc(OC(C)C)cc2)c2ncnn12.[K+]. The number of ether oxygens (including phenoxy) is 1. The van der Waals surface area contributed by atoms with Crippen LogP contribution in [0.15, 0.2) is 88.9 Å². The molecule has 0 fully saturated rings. The quantitative estimate of drug-likeness (QED) is 0.230. The van der Waals surface area contributed by atoms with E-state index in [4.69, 9.17) is 9.57 Å². The standard InChI is InChI=1S/C33H34N6O4.K/c1-4-5-10-29-28(31(40)38(32-34-20-35-39(29)32)24-15-17-25(18-16-24)42-21(2)3)19-22-11-13-23(14-12-22)26-8-6-7-9-27(26)30-36-33(41)43-37-30;/h6-9,11-18,20-21,33,41H,4-5,10,19H2,1-3H3,(H,36,37);/q;+1. The second-order valence-electron chi connectivity index (χ2n) is 10.7. The third-order valence-electron chi connectivity index (χ3n) is 7.36. The van der Waals surface area contributed by atoms with Crippen LogP contribution in [0, 0.1) is 0 Å². The molecule has 2 aromatic heterocycles. The summed E-state index contributed by atoms with van der Waals surface area (Å²) in [5, 5.41) is 14.2. The predicted octanol–water partition coefficient (Wildman–Crippen LogP) is 1.83. The maximum atomic E-state index is 14.2. The number of aryl methyl sites for hydroxylation is 1. The number of fused-ring (bicyclic) bond motifs is 1. The Morgan fingerprint density at radius 1 is 1.02 bits per heavy atom. The molecule has 10 nitrogen and oxygen atoms in total. The van der Waals surface area contributed by atoms with Crippen LogP contribution in [0.1, 0.15) is 56.0 Å². The first-order valence-corrected chi connectivity index (χ1v) is 14.5. The number of hydroxylamine groups is 1. The minimum atomic E-state index is -1.23. The Morgan fingerprint density at radius 2 is 1.75 bits per heavy atom. The zero-order valence-corrected chi connectivity index (χ0v) is 28.5. The van der Waals surface area contributed by atoms with Crippen LogP contribution in [0.4, 0.5) is 0 Å². The Kier molecular flexibility index (Phi) is 10.5. The van der Waals surface area contributed by atoms with E-state index in [1.165, 1.54) is 6.33 Å². The van der Waals surface area contributed by atoms with E-state index in [1.54, 1.807) is 9.08 Å². The van der Waals surface area contributed by atoms with Gasteiger partial charge in [0.1, 0.15) is 12.1 Å². The van der Waals surface area contributed by atoms with Crippen molar-refractivity contribution in [2.75, 3.05) is 0 Å². The van der Waals surface area contributed by atoms with Gasteiger partial charge in [-0.3, -0.25) is 4.79 Å². The minimum absolute atomic E-state index is 0. The van der Waals surface area contributed by atoms with Gasteiger partial charge in [-0.2, -0.15) is 10.1 Å². The van der Waals surface area contributed by atoms with E-state index >= 15 is 0 Å². The normalized spacial score (nSPS) is 14.4. The number of benzene rings is 3. The van der Waals surface area contributed by atoms with Crippen molar-refractivity contribution in [1.82, 2.24) is 24.6 Å². The third-order valence-corrected chi connectivity index (χ3v) is 7.36. The van der Waals surface area contributed by atoms with Crippen molar-refractivity contribution < 1.29 is 66.1 Å². The van der Waals surface area contributed by atoms with Crippen molar-refractivity contribution in [2.45, 2.75) is 59.0 Å². The molecule has 0 amide bonds. The largest absolute Gasteiger partial charge is 1.00 e. The molecule has 5 aromatic rings. The molecule has 0 saturated carbocycles. The van der Waals surface area contributed by atoms with Crippen LogP contribution in [-0.4, -0.2) is 42.6 Å². The summed E-state index contributed by atoms with van der Waals surface area (Å²) in [5.41, 5.74) is 8.59. The fourth-order valence-electron chi connectivity index (χ4n) is 5.36. The van der Waals surface area contributed by atoms with Crippen LogP contribution in [0.5, 0.6) is 5.75 Å². The molecule has 0 radical (unpaired) electrons. The summed E-state index contributed by atoms with van der Waals surface area (Å²) in [7, 11) is 0. The van der Waals surface area contributed by atoms with Crippen LogP contribution in [0.3, 0.4) is 0 Å². The molecule has 1 aliphatic heterocycles. The van der Waals surface area contributed by atoms with Crippen molar-refractivity contribution in [3.05, 3.63) is 112 Å². The molecule has 1 aliphatic rings. The number of amidine groups is 1. The van der Waals surface area contributed by atoms with Gasteiger partial charge >= 0.3 is 51.4 Å². The van der Waals surface area contributed by atoms with Crippen molar-refractivity contribution >= 4 is 11.6 Å². The molecule has 220 valence electrons. The summed E-state index contributed by atoms with van der Waals surface area (Å²) in [6.07, 6.45) is 3.41. The molecular weight excluding hydrogens is 583 g/mol. The van der Waals surface area contributed by atoms with Gasteiger partial charge in [-0.1, -0.05) is 61.9 Å². The topological polar surface area (TPSA) is 115 Å². The summed E-state index contributed by atoms with van der Waals surface area (Å²) < 4.78 is 9.25. The zero-order chi connectivity index (χ0) is 29.9. The fourth-order valence-corrected chi connectivity index (χ4v) is 5.36. The second-order valence-corrected chi connectivity index (χ2v) is 10.7. The molecule has 44 heavy (non-hydrogen) atoms. The summed E-state index contributed by atoms with van der Waals surface area (Å²) in [6.45, 7) is 6.09. The number of hydrogen-bond acceptors (Lipinski definition) is 8. The molecule has 3 heterocycles. The van der Waals surface area contributed by atoms with Gasteiger partial charge in [0.25, 0.3) is 12.0 Å². The van der Waals surface area contributed by atoms with Gasteiger partial charge in [0.2, 0.25) is 5.78 Å². The fraction of sp³-hybridized carbons (Fsp3) is 0.273. The molecule has 6 rings (SSSR count). The van der Waals surface area contributed by atoms with Crippen molar-refractivity contribution in [3.8, 4) is 22.6 Å². The Morgan fingerprint density at radius 3 is 2.41 bits per heavy atom. The average Bonchev–Trinajstić information content (AvgIpc) is 3.67. The number of aliphatic hydroxyl groups excluding tert-OH is 1. The van der Waals surface area contributed by atoms with Crippen LogP contribution >= 0.6 is 0 Å². The molecule has 2 N–H and O–H groups in total. The maximum absolute atomic E-state index is 14.2. The number of nitrogens with one attached hydrogen (secondary N) is 1. The summed E-state index contributed by atoms with van der Waals surface area (Å²) >= 11 is 0. The minimum Gasteiger partial charge on any atom is -0.491 e. The summed E-state index contributed by atoms with van der Waals surface area (Å²) in [6, 6.07) is 23.4. The van der Waals surface area contributed by atoms with E-state index < -0.39 is 6.41 Å². The smallest absolute Gasteiger partial charge is 0.491 e. The Labute approximate surface area is 298 Å². The first-order chi connectivity index (χ1) is 20.9. The molecular formula is C33H34KN6O4+. The average molecular weight is 618 g/mol. The van der Waals surface area contributed by atoms with E-state index in [9.17, 15) is 9.90 Å². The Hall–Kier alpha value is -3.16. The van der Waals surface area contributed by atoms with Gasteiger partial charge in [-0.05, 0) is 67.6 Å². The van der Waals surface area contributed by atoms with Crippen LogP contribution in [0.25, 0.3) is 22.6 Å². The van der Waals surface area contributed by atoms with E-state index in [1.807, 2.05) is 86.6 Å². The van der Waals surface area contributed by atoms with Gasteiger partial charge in [0.15, 0.2) is 5.84 Å². The van der Waals surface area contributed by atoms with Gasteiger partial charge < -0.3 is 9.84 Å². The van der Waals surface area contributed by atoms with Crippen LogP contribution < -0.4 is 67.2 Å². The van der Waals surface area contributed by atoms with Crippen LogP contribution in [0.2, 0.25) is 0 Å². The predicted molar refractivity (Wildman–Crippen MR) is 164 cm³/mol. The maximum Gasteiger partial charge on any atom is 1.00 e. The number of hydrogen-bond donors (Lipinski definition) is 2. The monoisotopic (exact) mass is 617 g/mol. The Balaban J connectivity index is 0.00000384. The number of aromatic nitrogens is 4. The van der Waals surface area contributed by atoms with Crippen LogP contribution in [-0.2, 0) is 17.7 Å². The first kappa shape index (κ1) is 32.2. The Bertz CT molecular complexity index is 1830. The van der Waals surface area contributed by atoms with E-state index in [0.717, 1.165) is 53.0 Å². The first-order valence-electron chi connectivity index (χ1n) is 14.5. The van der Waals surface area contributed by atoms with E-state index in [2.05, 4.69) is 27.5 Å². The van der Waals surface area contributed by atoms with Crippen molar-refractivity contribution in [2.24, 2.45) is 4.99 Å². The number of aliphatic imine (C=N–C) groups is 1. The van der Waals surface area contributed by atoms with Gasteiger partial charge in [0, 0.05) is 17.5 Å². The van der Waals surface area contributed by atoms with Gasteiger partial charge in [-0.15, -0.1) is 0 Å². The molecule has 1 unspecified atom stereocenters. The van der Waals surface area contributed by atoms with Crippen molar-refractivity contribution in [3.63, 3.8) is 0 Å². The molecule has 0 aliphatic carbocycles. The third kappa shape index (κ3) is 6.74. The molecule has 3 aromatic carbocycles. The van der Waals surface area contributed by atoms with Gasteiger partial charge in [-0.25, -0.2) is 24.4 Å². The van der Waals surface area contributed by atoms with E-state index in [0.29, 0.717) is 29.3 Å². The summed E-state index contributed by atoms with van der Waals surface area (Å²) in [4.78, 5) is 27.8. The number of unbranched alkanes of at least 4 members (excludes halogenated alkanes) is 1. The van der Waals surface area contributed by atoms with E-state index in [-0.39, 0.29) is 63.0 Å². The second kappa shape index (κ2) is 14.3. The summed E-state index contributed by atoms with van der Waals surface area (Å²) in [5.74, 6) is 1.70. The molecule has 11 heteroatoms. The number of aliphatic hydroxyl groups is 1. The molecule has 0 saturated heterocycles. The van der Waals surface area contributed by atoms with Gasteiger partial charge in [0.05, 0.1) is 17.5 Å². The number of rotatable bonds is 10. The van der Waals surface area contributed by atoms with Crippen molar-refractivity contribution in [1.29, 1.82) is 0 Å². The zero-order valence-electron chi connectivity index (χ0n) is 25.4. The number of nitrogens with zero attached hydrogens (tertiary/aromatic N) is 5.